The summed E-state index contributed by atoms with van der Waals surface area (Å²) in [5.74, 6) is 1.84. The fourth-order valence-electron chi connectivity index (χ4n) is 3.43. The maximum absolute atomic E-state index is 13.0. The van der Waals surface area contributed by atoms with Gasteiger partial charge in [0.1, 0.15) is 18.1 Å². The van der Waals surface area contributed by atoms with E-state index in [9.17, 15) is 4.79 Å². The van der Waals surface area contributed by atoms with Gasteiger partial charge in [-0.2, -0.15) is 0 Å². The van der Waals surface area contributed by atoms with Crippen LogP contribution in [0.3, 0.4) is 0 Å². The lowest BCUT2D eigenvalue weighted by Gasteiger charge is -2.34. The Hall–Kier alpha value is -2.05. The van der Waals surface area contributed by atoms with Crippen molar-refractivity contribution >= 4 is 18.3 Å². The van der Waals surface area contributed by atoms with E-state index in [2.05, 4.69) is 5.16 Å². The average molecular weight is 394 g/mol. The second-order valence-corrected chi connectivity index (χ2v) is 7.08. The Balaban J connectivity index is 0.00000261. The first-order chi connectivity index (χ1) is 12.5. The molecule has 7 heteroatoms. The number of aromatic nitrogens is 1. The first kappa shape index (κ1) is 21.3. The predicted molar refractivity (Wildman–Crippen MR) is 106 cm³/mol. The molecule has 0 saturated carbocycles. The molecule has 1 amide bonds. The van der Waals surface area contributed by atoms with Gasteiger partial charge in [-0.25, -0.2) is 0 Å². The monoisotopic (exact) mass is 393 g/mol. The largest absolute Gasteiger partial charge is 0.488 e. The van der Waals surface area contributed by atoms with Crippen LogP contribution in [0.1, 0.15) is 47.1 Å². The minimum absolute atomic E-state index is 0. The number of piperidine rings is 1. The number of likely N-dealkylation sites (tertiary alicyclic amines) is 1. The Labute approximate surface area is 166 Å². The molecule has 1 atom stereocenters. The molecule has 0 spiro atoms. The van der Waals surface area contributed by atoms with Gasteiger partial charge < -0.3 is 19.9 Å². The van der Waals surface area contributed by atoms with Crippen LogP contribution in [0.25, 0.3) is 0 Å². The number of benzene rings is 1. The molecule has 1 aromatic heterocycles. The smallest absolute Gasteiger partial charge is 0.257 e. The molecule has 1 aliphatic heterocycles. The molecule has 0 aliphatic carbocycles. The minimum Gasteiger partial charge on any atom is -0.488 e. The number of amides is 1. The van der Waals surface area contributed by atoms with Crippen molar-refractivity contribution in [3.05, 3.63) is 46.8 Å². The second-order valence-electron chi connectivity index (χ2n) is 7.08. The van der Waals surface area contributed by atoms with Crippen LogP contribution < -0.4 is 10.5 Å². The molecule has 2 aromatic rings. The van der Waals surface area contributed by atoms with E-state index in [0.717, 1.165) is 42.9 Å². The molecule has 0 bridgehead atoms. The normalized spacial score (nSPS) is 15.9. The van der Waals surface area contributed by atoms with Gasteiger partial charge in [0.05, 0.1) is 16.8 Å². The van der Waals surface area contributed by atoms with Crippen LogP contribution in [0.4, 0.5) is 0 Å². The number of nitrogens with zero attached hydrogens (tertiary/aromatic N) is 2. The van der Waals surface area contributed by atoms with Crippen LogP contribution in [-0.4, -0.2) is 35.1 Å². The number of ether oxygens (including phenoxy) is 1. The molecule has 2 N–H and O–H groups in total. The van der Waals surface area contributed by atoms with Crippen molar-refractivity contribution in [2.45, 2.75) is 46.3 Å². The van der Waals surface area contributed by atoms with Crippen molar-refractivity contribution < 1.29 is 14.1 Å². The zero-order valence-corrected chi connectivity index (χ0v) is 16.9. The molecule has 148 valence electrons. The third kappa shape index (κ3) is 4.82. The lowest BCUT2D eigenvalue weighted by atomic mass is 9.90. The second kappa shape index (κ2) is 9.24. The van der Waals surface area contributed by atoms with E-state index in [4.69, 9.17) is 15.0 Å². The highest BCUT2D eigenvalue weighted by Gasteiger charge is 2.27. The molecule has 1 unspecified atom stereocenters. The van der Waals surface area contributed by atoms with Crippen molar-refractivity contribution in [3.63, 3.8) is 0 Å². The van der Waals surface area contributed by atoms with Gasteiger partial charge >= 0.3 is 0 Å². The van der Waals surface area contributed by atoms with Crippen LogP contribution in [-0.2, 0) is 6.61 Å². The third-order valence-corrected chi connectivity index (χ3v) is 5.24. The number of carbonyl (C=O) groups excluding carboxylic acids is 1. The number of rotatable bonds is 5. The summed E-state index contributed by atoms with van der Waals surface area (Å²) in [6, 6.07) is 7.58. The van der Waals surface area contributed by atoms with Crippen molar-refractivity contribution in [1.82, 2.24) is 10.1 Å². The van der Waals surface area contributed by atoms with E-state index in [1.807, 2.05) is 49.9 Å². The van der Waals surface area contributed by atoms with Gasteiger partial charge in [-0.3, -0.25) is 4.79 Å². The summed E-state index contributed by atoms with van der Waals surface area (Å²) in [7, 11) is 0. The van der Waals surface area contributed by atoms with Gasteiger partial charge in [0.2, 0.25) is 0 Å². The summed E-state index contributed by atoms with van der Waals surface area (Å²) in [4.78, 5) is 14.9. The molecule has 1 fully saturated rings. The minimum atomic E-state index is 0. The number of halogens is 1. The topological polar surface area (TPSA) is 81.6 Å². The van der Waals surface area contributed by atoms with E-state index >= 15 is 0 Å². The van der Waals surface area contributed by atoms with Gasteiger partial charge in [-0.05, 0) is 51.7 Å². The van der Waals surface area contributed by atoms with Gasteiger partial charge in [0, 0.05) is 19.1 Å². The number of hydrogen-bond donors (Lipinski definition) is 1. The maximum Gasteiger partial charge on any atom is 0.257 e. The molecule has 3 rings (SSSR count). The summed E-state index contributed by atoms with van der Waals surface area (Å²) < 4.78 is 11.1. The van der Waals surface area contributed by atoms with Crippen LogP contribution in [0.5, 0.6) is 5.75 Å². The highest BCUT2D eigenvalue weighted by molar-refractivity contribution is 5.97. The highest BCUT2D eigenvalue weighted by atomic mass is 35.5. The fraction of sp³-hybridized carbons (Fsp3) is 0.500. The number of carbonyl (C=O) groups is 1. The van der Waals surface area contributed by atoms with Crippen LogP contribution >= 0.6 is 12.4 Å². The van der Waals surface area contributed by atoms with Crippen LogP contribution in [0.2, 0.25) is 0 Å². The molecule has 2 heterocycles. The first-order valence-corrected chi connectivity index (χ1v) is 9.15. The van der Waals surface area contributed by atoms with Crippen molar-refractivity contribution in [1.29, 1.82) is 0 Å². The Morgan fingerprint density at radius 2 is 2.00 bits per heavy atom. The Morgan fingerprint density at radius 1 is 1.33 bits per heavy atom. The Bertz CT molecular complexity index is 748. The number of para-hydroxylation sites is 1. The van der Waals surface area contributed by atoms with E-state index in [0.29, 0.717) is 23.8 Å². The fourth-order valence-corrected chi connectivity index (χ4v) is 3.43. The first-order valence-electron chi connectivity index (χ1n) is 9.15. The summed E-state index contributed by atoms with van der Waals surface area (Å²) in [6.07, 6.45) is 1.90. The molecule has 0 radical (unpaired) electrons. The van der Waals surface area contributed by atoms with E-state index in [1.54, 1.807) is 0 Å². The average Bonchev–Trinajstić information content (AvgIpc) is 2.97. The van der Waals surface area contributed by atoms with Gasteiger partial charge in [-0.15, -0.1) is 12.4 Å². The summed E-state index contributed by atoms with van der Waals surface area (Å²) in [5.41, 5.74) is 8.32. The van der Waals surface area contributed by atoms with E-state index in [-0.39, 0.29) is 24.4 Å². The maximum atomic E-state index is 13.0. The Morgan fingerprint density at radius 3 is 2.59 bits per heavy atom. The summed E-state index contributed by atoms with van der Waals surface area (Å²) in [6.45, 7) is 7.60. The van der Waals surface area contributed by atoms with Crippen molar-refractivity contribution in [3.8, 4) is 5.75 Å². The van der Waals surface area contributed by atoms with Crippen molar-refractivity contribution in [2.24, 2.45) is 11.7 Å². The molecule has 27 heavy (non-hydrogen) atoms. The predicted octanol–water partition coefficient (Wildman–Crippen LogP) is 3.49. The van der Waals surface area contributed by atoms with Gasteiger partial charge in [0.25, 0.3) is 5.91 Å². The third-order valence-electron chi connectivity index (χ3n) is 5.24. The molecule has 6 nitrogen and oxygen atoms in total. The Kier molecular flexibility index (Phi) is 7.27. The molecule has 1 saturated heterocycles. The highest BCUT2D eigenvalue weighted by Crippen LogP contribution is 2.26. The van der Waals surface area contributed by atoms with Crippen molar-refractivity contribution in [2.75, 3.05) is 13.1 Å². The van der Waals surface area contributed by atoms with Crippen LogP contribution in [0.15, 0.2) is 28.8 Å². The zero-order chi connectivity index (χ0) is 18.7. The lowest BCUT2D eigenvalue weighted by molar-refractivity contribution is 0.0676. The van der Waals surface area contributed by atoms with E-state index in [1.165, 1.54) is 0 Å². The van der Waals surface area contributed by atoms with E-state index < -0.39 is 0 Å². The SMILES string of the molecule is Cc1noc(C)c1COc1ccccc1C(=O)N1CCC(C(C)N)CC1.Cl. The molecular formula is C20H28ClN3O3. The standard InChI is InChI=1S/C20H27N3O3.ClH/c1-13(21)16-8-10-23(11-9-16)20(24)17-6-4-5-7-19(17)25-12-18-14(2)22-26-15(18)3;/h4-7,13,16H,8-12,21H2,1-3H3;1H. The summed E-state index contributed by atoms with van der Waals surface area (Å²) in [5, 5.41) is 3.94. The molecular weight excluding hydrogens is 366 g/mol. The van der Waals surface area contributed by atoms with Crippen LogP contribution in [0, 0.1) is 19.8 Å². The molecule has 1 aromatic carbocycles. The number of nitrogens with two attached hydrogens (primary N) is 1. The number of hydrogen-bond acceptors (Lipinski definition) is 5. The van der Waals surface area contributed by atoms with Gasteiger partial charge in [0.15, 0.2) is 0 Å². The quantitative estimate of drug-likeness (QED) is 0.840. The number of aryl methyl sites for hydroxylation is 2. The summed E-state index contributed by atoms with van der Waals surface area (Å²) >= 11 is 0. The zero-order valence-electron chi connectivity index (χ0n) is 16.1. The van der Waals surface area contributed by atoms with Gasteiger partial charge in [-0.1, -0.05) is 17.3 Å². The molecule has 1 aliphatic rings. The lowest BCUT2D eigenvalue weighted by Crippen LogP contribution is -2.42.